The average Bonchev–Trinajstić information content (AvgIpc) is 2.55. The first kappa shape index (κ1) is 23.1. The molecule has 0 fully saturated rings. The van der Waals surface area contributed by atoms with Crippen LogP contribution in [0.3, 0.4) is 0 Å². The van der Waals surface area contributed by atoms with Crippen molar-refractivity contribution in [2.24, 2.45) is 12.2 Å². The summed E-state index contributed by atoms with van der Waals surface area (Å²) in [5.74, 6) is 0. The van der Waals surface area contributed by atoms with Gasteiger partial charge in [-0.2, -0.15) is 0 Å². The van der Waals surface area contributed by atoms with Crippen molar-refractivity contribution in [2.75, 3.05) is 19.8 Å². The fourth-order valence-corrected chi connectivity index (χ4v) is 2.59. The van der Waals surface area contributed by atoms with Gasteiger partial charge in [0.25, 0.3) is 0 Å². The molecule has 0 saturated carbocycles. The third kappa shape index (κ3) is 13.6. The molecule has 0 aromatic carbocycles. The van der Waals surface area contributed by atoms with Gasteiger partial charge in [-0.3, -0.25) is 0 Å². The highest BCUT2D eigenvalue weighted by molar-refractivity contribution is 5.05. The van der Waals surface area contributed by atoms with Gasteiger partial charge in [-0.15, -0.1) is 0 Å². The van der Waals surface area contributed by atoms with E-state index in [1.807, 2.05) is 0 Å². The molecule has 0 aliphatic carbocycles. The third-order valence-electron chi connectivity index (χ3n) is 3.87. The van der Waals surface area contributed by atoms with Crippen molar-refractivity contribution in [2.45, 2.75) is 57.8 Å². The molecular weight excluding hydrogens is 415 g/mol. The molecule has 0 spiro atoms. The van der Waals surface area contributed by atoms with E-state index in [0.29, 0.717) is 6.54 Å². The van der Waals surface area contributed by atoms with Crippen LogP contribution in [0, 0.1) is 0 Å². The summed E-state index contributed by atoms with van der Waals surface area (Å²) in [5.41, 5.74) is 9.53. The number of azide groups is 1. The SMILES string of the molecule is C[n+]1cccc(CCCOCCCCCCCCCN=[N+]=[N-])c1.[I-]. The molecule has 0 amide bonds. The van der Waals surface area contributed by atoms with Crippen LogP contribution in [0.5, 0.6) is 0 Å². The van der Waals surface area contributed by atoms with Crippen LogP contribution in [0.1, 0.15) is 56.9 Å². The molecule has 24 heavy (non-hydrogen) atoms. The van der Waals surface area contributed by atoms with Crippen molar-refractivity contribution in [1.29, 1.82) is 0 Å². The standard InChI is InChI=1S/C18H31N4O.HI/c1-22-14-9-11-18(17-22)12-10-16-23-15-8-6-4-2-3-5-7-13-20-21-19;/h9,11,14,17H,2-8,10,12-13,15-16H2,1H3;1H/q+1;/p-1. The number of aromatic nitrogens is 1. The first-order valence-corrected chi connectivity index (χ1v) is 8.85. The van der Waals surface area contributed by atoms with E-state index in [0.717, 1.165) is 32.5 Å². The quantitative estimate of drug-likeness (QED) is 0.107. The highest BCUT2D eigenvalue weighted by atomic mass is 127. The number of hydrogen-bond donors (Lipinski definition) is 0. The highest BCUT2D eigenvalue weighted by Gasteiger charge is 1.98. The second-order valence-corrected chi connectivity index (χ2v) is 6.02. The molecule has 5 nitrogen and oxygen atoms in total. The van der Waals surface area contributed by atoms with Gasteiger partial charge in [-0.1, -0.05) is 37.2 Å². The second-order valence-electron chi connectivity index (χ2n) is 6.02. The monoisotopic (exact) mass is 446 g/mol. The van der Waals surface area contributed by atoms with Crippen LogP contribution < -0.4 is 28.5 Å². The highest BCUT2D eigenvalue weighted by Crippen LogP contribution is 2.07. The van der Waals surface area contributed by atoms with Gasteiger partial charge in [-0.05, 0) is 37.3 Å². The lowest BCUT2D eigenvalue weighted by Gasteiger charge is -2.04. The van der Waals surface area contributed by atoms with E-state index < -0.39 is 0 Å². The van der Waals surface area contributed by atoms with E-state index in [1.54, 1.807) is 0 Å². The average molecular weight is 446 g/mol. The molecule has 0 N–H and O–H groups in total. The maximum atomic E-state index is 8.16. The Morgan fingerprint density at radius 1 is 1.04 bits per heavy atom. The van der Waals surface area contributed by atoms with Gasteiger partial charge in [0.05, 0.1) is 0 Å². The summed E-state index contributed by atoms with van der Waals surface area (Å²) in [6, 6.07) is 4.26. The lowest BCUT2D eigenvalue weighted by Crippen LogP contribution is -3.00. The van der Waals surface area contributed by atoms with Gasteiger partial charge in [0.1, 0.15) is 7.05 Å². The molecule has 0 atom stereocenters. The van der Waals surface area contributed by atoms with E-state index in [1.165, 1.54) is 44.1 Å². The first-order valence-electron chi connectivity index (χ1n) is 8.85. The number of pyridine rings is 1. The van der Waals surface area contributed by atoms with Crippen LogP contribution in [0.4, 0.5) is 0 Å². The summed E-state index contributed by atoms with van der Waals surface area (Å²) in [6.45, 7) is 2.39. The van der Waals surface area contributed by atoms with Crippen molar-refractivity contribution >= 4 is 0 Å². The molecule has 0 radical (unpaired) electrons. The van der Waals surface area contributed by atoms with Crippen LogP contribution in [-0.4, -0.2) is 19.8 Å². The zero-order chi connectivity index (χ0) is 16.6. The lowest BCUT2D eigenvalue weighted by atomic mass is 10.1. The molecule has 6 heteroatoms. The van der Waals surface area contributed by atoms with E-state index in [2.05, 4.69) is 46.2 Å². The Kier molecular flexibility index (Phi) is 16.4. The molecule has 1 aromatic heterocycles. The summed E-state index contributed by atoms with van der Waals surface area (Å²) in [4.78, 5) is 2.76. The van der Waals surface area contributed by atoms with Crippen molar-refractivity contribution in [3.8, 4) is 0 Å². The van der Waals surface area contributed by atoms with Gasteiger partial charge in [0.2, 0.25) is 0 Å². The molecule has 0 unspecified atom stereocenters. The molecule has 136 valence electrons. The summed E-state index contributed by atoms with van der Waals surface area (Å²) in [5, 5.41) is 3.54. The lowest BCUT2D eigenvalue weighted by molar-refractivity contribution is -0.671. The van der Waals surface area contributed by atoms with Crippen molar-refractivity contribution in [3.05, 3.63) is 40.5 Å². The Balaban J connectivity index is 0.00000529. The fourth-order valence-electron chi connectivity index (χ4n) is 2.59. The van der Waals surface area contributed by atoms with E-state index in [4.69, 9.17) is 10.3 Å². The zero-order valence-corrected chi connectivity index (χ0v) is 17.0. The van der Waals surface area contributed by atoms with Crippen molar-refractivity contribution in [3.63, 3.8) is 0 Å². The molecule has 1 rings (SSSR count). The van der Waals surface area contributed by atoms with Crippen LogP contribution >= 0.6 is 0 Å². The predicted molar refractivity (Wildman–Crippen MR) is 93.1 cm³/mol. The molecule has 1 heterocycles. The molecule has 0 bridgehead atoms. The Morgan fingerprint density at radius 2 is 1.71 bits per heavy atom. The van der Waals surface area contributed by atoms with Gasteiger partial charge in [0.15, 0.2) is 12.4 Å². The smallest absolute Gasteiger partial charge is 0.171 e. The van der Waals surface area contributed by atoms with Gasteiger partial charge < -0.3 is 28.7 Å². The number of rotatable bonds is 14. The normalized spacial score (nSPS) is 10.0. The summed E-state index contributed by atoms with van der Waals surface area (Å²) in [7, 11) is 2.06. The predicted octanol–water partition coefficient (Wildman–Crippen LogP) is 1.51. The Hall–Kier alpha value is -0.850. The number of aryl methyl sites for hydroxylation is 2. The Bertz CT molecular complexity index is 464. The Labute approximate surface area is 163 Å². The minimum absolute atomic E-state index is 0. The molecule has 0 saturated heterocycles. The van der Waals surface area contributed by atoms with Gasteiger partial charge in [-0.25, -0.2) is 4.57 Å². The fraction of sp³-hybridized carbons (Fsp3) is 0.722. The summed E-state index contributed by atoms with van der Waals surface area (Å²) in [6.07, 6.45) is 14.8. The van der Waals surface area contributed by atoms with E-state index in [-0.39, 0.29) is 24.0 Å². The van der Waals surface area contributed by atoms with E-state index in [9.17, 15) is 0 Å². The molecule has 1 aromatic rings. The zero-order valence-electron chi connectivity index (χ0n) is 14.9. The number of nitrogens with zero attached hydrogens (tertiary/aromatic N) is 4. The van der Waals surface area contributed by atoms with Crippen molar-refractivity contribution < 1.29 is 33.3 Å². The second kappa shape index (κ2) is 17.0. The van der Waals surface area contributed by atoms with Gasteiger partial charge >= 0.3 is 0 Å². The first-order chi connectivity index (χ1) is 11.3. The summed E-state index contributed by atoms with van der Waals surface area (Å²) < 4.78 is 7.79. The number of unbranched alkanes of at least 4 members (excludes halogenated alkanes) is 6. The number of ether oxygens (including phenoxy) is 1. The van der Waals surface area contributed by atoms with Crippen LogP contribution in [0.25, 0.3) is 10.4 Å². The van der Waals surface area contributed by atoms with Crippen LogP contribution in [-0.2, 0) is 18.2 Å². The van der Waals surface area contributed by atoms with Gasteiger partial charge in [0, 0.05) is 36.3 Å². The van der Waals surface area contributed by atoms with E-state index >= 15 is 0 Å². The third-order valence-corrected chi connectivity index (χ3v) is 3.87. The number of hydrogen-bond acceptors (Lipinski definition) is 2. The minimum Gasteiger partial charge on any atom is -1.00 e. The summed E-state index contributed by atoms with van der Waals surface area (Å²) >= 11 is 0. The molecular formula is C18H31IN4O. The largest absolute Gasteiger partial charge is 1.00 e. The van der Waals surface area contributed by atoms with Crippen LogP contribution in [0.15, 0.2) is 29.6 Å². The maximum absolute atomic E-state index is 8.16. The van der Waals surface area contributed by atoms with Crippen molar-refractivity contribution in [1.82, 2.24) is 0 Å². The number of halogens is 1. The Morgan fingerprint density at radius 3 is 2.42 bits per heavy atom. The van der Waals surface area contributed by atoms with Crippen LogP contribution in [0.2, 0.25) is 0 Å². The molecule has 0 aliphatic heterocycles. The minimum atomic E-state index is 0. The molecule has 0 aliphatic rings. The topological polar surface area (TPSA) is 61.9 Å². The maximum Gasteiger partial charge on any atom is 0.171 e.